The number of anilines is 2. The predicted molar refractivity (Wildman–Crippen MR) is 78.2 cm³/mol. The molecule has 0 unspecified atom stereocenters. The fourth-order valence-electron chi connectivity index (χ4n) is 1.49. The zero-order chi connectivity index (χ0) is 13.8. The summed E-state index contributed by atoms with van der Waals surface area (Å²) in [6.45, 7) is 0. The normalized spacial score (nSPS) is 10.1. The van der Waals surface area contributed by atoms with Gasteiger partial charge in [0.2, 0.25) is 0 Å². The van der Waals surface area contributed by atoms with Crippen LogP contribution in [0.1, 0.15) is 10.4 Å². The Labute approximate surface area is 120 Å². The van der Waals surface area contributed by atoms with Crippen molar-refractivity contribution in [2.45, 2.75) is 0 Å². The number of hydrogen-bond acceptors (Lipinski definition) is 3. The number of pyridine rings is 1. The van der Waals surface area contributed by atoms with Gasteiger partial charge in [-0.3, -0.25) is 4.79 Å². The molecule has 0 aliphatic rings. The molecule has 1 aromatic carbocycles. The third-order valence-electron chi connectivity index (χ3n) is 2.41. The van der Waals surface area contributed by atoms with Crippen molar-refractivity contribution in [1.29, 1.82) is 0 Å². The summed E-state index contributed by atoms with van der Waals surface area (Å²) in [5.41, 5.74) is 1.09. The molecule has 0 bridgehead atoms. The number of aromatic nitrogens is 1. The first-order valence-electron chi connectivity index (χ1n) is 5.51. The van der Waals surface area contributed by atoms with E-state index in [9.17, 15) is 4.79 Å². The van der Waals surface area contributed by atoms with E-state index in [0.29, 0.717) is 22.1 Å². The minimum Gasteiger partial charge on any atom is -0.373 e. The first-order chi connectivity index (χ1) is 9.08. The maximum Gasteiger partial charge on any atom is 0.255 e. The van der Waals surface area contributed by atoms with E-state index in [1.54, 1.807) is 37.4 Å². The highest BCUT2D eigenvalue weighted by molar-refractivity contribution is 6.30. The molecule has 1 amide bonds. The molecule has 0 atom stereocenters. The lowest BCUT2D eigenvalue weighted by Gasteiger charge is -2.07. The third kappa shape index (κ3) is 3.59. The summed E-state index contributed by atoms with van der Waals surface area (Å²) in [4.78, 5) is 16.1. The van der Waals surface area contributed by atoms with Crippen LogP contribution >= 0.6 is 23.2 Å². The summed E-state index contributed by atoms with van der Waals surface area (Å²) < 4.78 is 0. The molecule has 6 heteroatoms. The van der Waals surface area contributed by atoms with Gasteiger partial charge in [0, 0.05) is 23.3 Å². The van der Waals surface area contributed by atoms with Crippen molar-refractivity contribution in [2.24, 2.45) is 0 Å². The minimum absolute atomic E-state index is 0.258. The van der Waals surface area contributed by atoms with Gasteiger partial charge in [0.25, 0.3) is 5.91 Å². The number of carbonyl (C=O) groups is 1. The Morgan fingerprint density at radius 2 is 1.84 bits per heavy atom. The summed E-state index contributed by atoms with van der Waals surface area (Å²) in [6, 6.07) is 9.99. The van der Waals surface area contributed by atoms with Gasteiger partial charge < -0.3 is 10.6 Å². The van der Waals surface area contributed by atoms with E-state index in [1.165, 1.54) is 6.07 Å². The van der Waals surface area contributed by atoms with E-state index in [-0.39, 0.29) is 11.1 Å². The molecule has 0 spiro atoms. The monoisotopic (exact) mass is 295 g/mol. The number of nitrogens with zero attached hydrogens (tertiary/aromatic N) is 1. The van der Waals surface area contributed by atoms with Gasteiger partial charge in [-0.05, 0) is 36.4 Å². The van der Waals surface area contributed by atoms with E-state index >= 15 is 0 Å². The Bertz CT molecular complexity index is 599. The quantitative estimate of drug-likeness (QED) is 0.849. The van der Waals surface area contributed by atoms with Crippen LogP contribution in [-0.4, -0.2) is 17.9 Å². The van der Waals surface area contributed by atoms with Crippen molar-refractivity contribution in [3.05, 3.63) is 52.1 Å². The molecule has 19 heavy (non-hydrogen) atoms. The van der Waals surface area contributed by atoms with E-state index in [2.05, 4.69) is 15.6 Å². The number of hydrogen-bond donors (Lipinski definition) is 2. The lowest BCUT2D eigenvalue weighted by molar-refractivity contribution is 0.102. The van der Waals surface area contributed by atoms with Gasteiger partial charge in [0.05, 0.1) is 0 Å². The molecule has 0 aliphatic carbocycles. The number of amides is 1. The molecule has 1 heterocycles. The van der Waals surface area contributed by atoms with Crippen LogP contribution in [0.25, 0.3) is 0 Å². The largest absolute Gasteiger partial charge is 0.373 e. The van der Waals surface area contributed by atoms with Crippen molar-refractivity contribution in [3.8, 4) is 0 Å². The Hall–Kier alpha value is -1.78. The first kappa shape index (κ1) is 13.6. The molecule has 0 radical (unpaired) electrons. The molecule has 2 N–H and O–H groups in total. The van der Waals surface area contributed by atoms with Crippen LogP contribution in [0, 0.1) is 0 Å². The van der Waals surface area contributed by atoms with Crippen LogP contribution in [-0.2, 0) is 0 Å². The average Bonchev–Trinajstić information content (AvgIpc) is 2.40. The molecular weight excluding hydrogens is 285 g/mol. The van der Waals surface area contributed by atoms with Gasteiger partial charge in [0.15, 0.2) is 0 Å². The van der Waals surface area contributed by atoms with E-state index in [1.807, 2.05) is 0 Å². The Balaban J connectivity index is 2.20. The maximum atomic E-state index is 12.1. The van der Waals surface area contributed by atoms with Crippen LogP contribution < -0.4 is 10.6 Å². The average molecular weight is 296 g/mol. The molecule has 98 valence electrons. The second-order valence-electron chi connectivity index (χ2n) is 3.77. The lowest BCUT2D eigenvalue weighted by atomic mass is 10.2. The Morgan fingerprint density at radius 1 is 1.16 bits per heavy atom. The number of halogens is 2. The highest BCUT2D eigenvalue weighted by Crippen LogP contribution is 2.17. The fraction of sp³-hybridized carbons (Fsp3) is 0.0769. The van der Waals surface area contributed by atoms with Crippen molar-refractivity contribution in [1.82, 2.24) is 4.98 Å². The molecule has 0 saturated carbocycles. The predicted octanol–water partition coefficient (Wildman–Crippen LogP) is 3.68. The summed E-state index contributed by atoms with van der Waals surface area (Å²) in [7, 11) is 1.71. The third-order valence-corrected chi connectivity index (χ3v) is 2.86. The molecule has 4 nitrogen and oxygen atoms in total. The van der Waals surface area contributed by atoms with Crippen LogP contribution in [0.5, 0.6) is 0 Å². The standard InChI is InChI=1S/C13H11Cl2N3O/c1-16-12-7-8(6-11(15)18-12)13(19)17-10-4-2-9(14)3-5-10/h2-7H,1H3,(H,16,18)(H,17,19). The number of benzene rings is 1. The SMILES string of the molecule is CNc1cc(C(=O)Nc2ccc(Cl)cc2)cc(Cl)n1. The first-order valence-corrected chi connectivity index (χ1v) is 6.26. The van der Waals surface area contributed by atoms with E-state index in [0.717, 1.165) is 0 Å². The second-order valence-corrected chi connectivity index (χ2v) is 4.60. The maximum absolute atomic E-state index is 12.1. The zero-order valence-corrected chi connectivity index (χ0v) is 11.6. The highest BCUT2D eigenvalue weighted by Gasteiger charge is 2.09. The van der Waals surface area contributed by atoms with E-state index < -0.39 is 0 Å². The minimum atomic E-state index is -0.261. The summed E-state index contributed by atoms with van der Waals surface area (Å²) >= 11 is 11.6. The summed E-state index contributed by atoms with van der Waals surface area (Å²) in [5, 5.41) is 6.46. The molecule has 2 rings (SSSR count). The van der Waals surface area contributed by atoms with Crippen LogP contribution in [0.15, 0.2) is 36.4 Å². The van der Waals surface area contributed by atoms with Gasteiger partial charge in [-0.15, -0.1) is 0 Å². The molecule has 0 aliphatic heterocycles. The fourth-order valence-corrected chi connectivity index (χ4v) is 1.83. The Morgan fingerprint density at radius 3 is 2.47 bits per heavy atom. The van der Waals surface area contributed by atoms with Crippen molar-refractivity contribution in [2.75, 3.05) is 17.7 Å². The second kappa shape index (κ2) is 5.91. The van der Waals surface area contributed by atoms with Gasteiger partial charge >= 0.3 is 0 Å². The number of carbonyl (C=O) groups excluding carboxylic acids is 1. The van der Waals surface area contributed by atoms with Gasteiger partial charge in [-0.2, -0.15) is 0 Å². The highest BCUT2D eigenvalue weighted by atomic mass is 35.5. The molecule has 0 saturated heterocycles. The number of rotatable bonds is 3. The number of nitrogens with one attached hydrogen (secondary N) is 2. The lowest BCUT2D eigenvalue weighted by Crippen LogP contribution is -2.12. The van der Waals surface area contributed by atoms with Gasteiger partial charge in [-0.1, -0.05) is 23.2 Å². The van der Waals surface area contributed by atoms with Crippen LogP contribution in [0.2, 0.25) is 10.2 Å². The van der Waals surface area contributed by atoms with Crippen LogP contribution in [0.3, 0.4) is 0 Å². The Kier molecular flexibility index (Phi) is 4.24. The van der Waals surface area contributed by atoms with Gasteiger partial charge in [-0.25, -0.2) is 4.98 Å². The van der Waals surface area contributed by atoms with Crippen LogP contribution in [0.4, 0.5) is 11.5 Å². The van der Waals surface area contributed by atoms with Crippen molar-refractivity contribution in [3.63, 3.8) is 0 Å². The summed E-state index contributed by atoms with van der Waals surface area (Å²) in [5.74, 6) is 0.275. The zero-order valence-electron chi connectivity index (χ0n) is 10.1. The molecule has 2 aromatic rings. The smallest absolute Gasteiger partial charge is 0.255 e. The van der Waals surface area contributed by atoms with E-state index in [4.69, 9.17) is 23.2 Å². The topological polar surface area (TPSA) is 54.0 Å². The van der Waals surface area contributed by atoms with Crippen molar-refractivity contribution >= 4 is 40.6 Å². The van der Waals surface area contributed by atoms with Gasteiger partial charge in [0.1, 0.15) is 11.0 Å². The molecule has 1 aromatic heterocycles. The molecular formula is C13H11Cl2N3O. The summed E-state index contributed by atoms with van der Waals surface area (Å²) in [6.07, 6.45) is 0. The van der Waals surface area contributed by atoms with Crippen molar-refractivity contribution < 1.29 is 4.79 Å². The molecule has 0 fully saturated rings.